The van der Waals surface area contributed by atoms with Crippen molar-refractivity contribution in [1.82, 2.24) is 15.2 Å². The summed E-state index contributed by atoms with van der Waals surface area (Å²) in [6.07, 6.45) is -0.196. The molecule has 0 radical (unpaired) electrons. The Kier molecular flexibility index (Phi) is 5.57. The van der Waals surface area contributed by atoms with Crippen LogP contribution in [-0.4, -0.2) is 40.7 Å². The van der Waals surface area contributed by atoms with E-state index in [0.717, 1.165) is 16.1 Å². The minimum absolute atomic E-state index is 0.0797. The van der Waals surface area contributed by atoms with Gasteiger partial charge in [0.2, 0.25) is 17.7 Å². The van der Waals surface area contributed by atoms with Gasteiger partial charge in [-0.05, 0) is 17.7 Å². The zero-order valence-electron chi connectivity index (χ0n) is 16.4. The summed E-state index contributed by atoms with van der Waals surface area (Å²) in [6.45, 7) is 2.27. The second-order valence-corrected chi connectivity index (χ2v) is 8.94. The Labute approximate surface area is 176 Å². The third-order valence-electron chi connectivity index (χ3n) is 5.76. The molecule has 2 heterocycles. The fraction of sp³-hybridized carbons (Fsp3) is 0.476. The largest absolute Gasteiger partial charge is 0.355 e. The maximum atomic E-state index is 13.4. The van der Waals surface area contributed by atoms with Gasteiger partial charge in [0.1, 0.15) is 11.9 Å². The van der Waals surface area contributed by atoms with Crippen molar-refractivity contribution in [3.05, 3.63) is 51.7 Å². The molecule has 0 bridgehead atoms. The minimum Gasteiger partial charge on any atom is -0.355 e. The summed E-state index contributed by atoms with van der Waals surface area (Å²) in [5, 5.41) is 2.64. The molecule has 0 saturated heterocycles. The molecule has 1 fully saturated rings. The molecule has 1 saturated carbocycles. The highest BCUT2D eigenvalue weighted by Crippen LogP contribution is 2.42. The smallest absolute Gasteiger partial charge is 0.249 e. The van der Waals surface area contributed by atoms with Crippen LogP contribution in [0, 0.1) is 17.7 Å². The molecule has 1 N–H and O–H groups in total. The number of nitrogens with one attached hydrogen (secondary N) is 1. The molecular formula is C21H22F3N3O2S. The topological polar surface area (TPSA) is 62.3 Å². The number of rotatable bonds is 5. The number of alkyl halides is 2. The third-order valence-corrected chi connectivity index (χ3v) is 6.67. The Hall–Kier alpha value is -2.42. The minimum atomic E-state index is -2.76. The van der Waals surface area contributed by atoms with E-state index in [1.807, 2.05) is 0 Å². The average Bonchev–Trinajstić information content (AvgIpc) is 3.18. The van der Waals surface area contributed by atoms with E-state index in [1.54, 1.807) is 29.5 Å². The third kappa shape index (κ3) is 4.08. The van der Waals surface area contributed by atoms with Crippen molar-refractivity contribution in [3.8, 4) is 0 Å². The lowest BCUT2D eigenvalue weighted by atomic mass is 9.80. The van der Waals surface area contributed by atoms with Gasteiger partial charge >= 0.3 is 0 Å². The summed E-state index contributed by atoms with van der Waals surface area (Å²) in [5.41, 5.74) is 3.30. The number of halogens is 3. The van der Waals surface area contributed by atoms with Crippen LogP contribution in [0.4, 0.5) is 13.2 Å². The number of aromatic nitrogens is 1. The van der Waals surface area contributed by atoms with Gasteiger partial charge in [0, 0.05) is 43.1 Å². The number of fused-ring (bicyclic) bond motifs is 1. The fourth-order valence-corrected chi connectivity index (χ4v) is 4.81. The molecule has 2 atom stereocenters. The molecule has 2 aliphatic rings. The van der Waals surface area contributed by atoms with Crippen LogP contribution in [0.5, 0.6) is 0 Å². The Morgan fingerprint density at radius 3 is 2.67 bits per heavy atom. The summed E-state index contributed by atoms with van der Waals surface area (Å²) >= 11 is 1.53. The van der Waals surface area contributed by atoms with Crippen molar-refractivity contribution < 1.29 is 22.8 Å². The van der Waals surface area contributed by atoms with Crippen molar-refractivity contribution in [2.24, 2.45) is 11.8 Å². The van der Waals surface area contributed by atoms with Crippen molar-refractivity contribution in [2.45, 2.75) is 38.2 Å². The van der Waals surface area contributed by atoms with E-state index in [2.05, 4.69) is 10.3 Å². The lowest BCUT2D eigenvalue weighted by Gasteiger charge is -2.37. The molecule has 1 aromatic carbocycles. The molecule has 9 heteroatoms. The number of hydrogen-bond acceptors (Lipinski definition) is 4. The van der Waals surface area contributed by atoms with Gasteiger partial charge in [-0.25, -0.2) is 18.2 Å². The molecule has 4 rings (SSSR count). The van der Waals surface area contributed by atoms with Crippen molar-refractivity contribution in [2.75, 3.05) is 13.1 Å². The first-order valence-corrected chi connectivity index (χ1v) is 10.8. The molecule has 30 heavy (non-hydrogen) atoms. The highest BCUT2D eigenvalue weighted by molar-refractivity contribution is 7.09. The van der Waals surface area contributed by atoms with E-state index >= 15 is 0 Å². The summed E-state index contributed by atoms with van der Waals surface area (Å²) in [4.78, 5) is 32.5. The Balaban J connectivity index is 1.46. The number of hydrogen-bond donors (Lipinski definition) is 1. The van der Waals surface area contributed by atoms with E-state index in [-0.39, 0.29) is 18.3 Å². The van der Waals surface area contributed by atoms with E-state index < -0.39 is 42.5 Å². The standard InChI is InChI=1S/C21H22F3N3O2S/c1-12(10-25-19(28)14-8-21(23,24)9-14)20(29)27-7-6-16-17(26-11-30-16)18(27)13-2-4-15(22)5-3-13/h2-5,11-12,14,18H,6-10H2,1H3,(H,25,28)/t12?,18-/m1/s1. The first-order valence-electron chi connectivity index (χ1n) is 9.89. The van der Waals surface area contributed by atoms with Crippen LogP contribution < -0.4 is 5.32 Å². The van der Waals surface area contributed by atoms with E-state index in [4.69, 9.17) is 0 Å². The van der Waals surface area contributed by atoms with Crippen LogP contribution in [0.1, 0.15) is 41.9 Å². The second-order valence-electron chi connectivity index (χ2n) is 8.00. The van der Waals surface area contributed by atoms with E-state index in [0.29, 0.717) is 13.0 Å². The summed E-state index contributed by atoms with van der Waals surface area (Å²) in [7, 11) is 0. The van der Waals surface area contributed by atoms with Crippen molar-refractivity contribution >= 4 is 23.2 Å². The van der Waals surface area contributed by atoms with Crippen LogP contribution in [0.2, 0.25) is 0 Å². The van der Waals surface area contributed by atoms with Crippen molar-refractivity contribution in [1.29, 1.82) is 0 Å². The van der Waals surface area contributed by atoms with Gasteiger partial charge in [-0.2, -0.15) is 0 Å². The average molecular weight is 437 g/mol. The molecule has 2 aromatic rings. The van der Waals surface area contributed by atoms with Gasteiger partial charge in [-0.15, -0.1) is 11.3 Å². The number of carbonyl (C=O) groups excluding carboxylic acids is 2. The maximum absolute atomic E-state index is 13.4. The molecular weight excluding hydrogens is 415 g/mol. The molecule has 0 spiro atoms. The predicted molar refractivity (Wildman–Crippen MR) is 106 cm³/mol. The number of amides is 2. The van der Waals surface area contributed by atoms with Crippen LogP contribution in [0.25, 0.3) is 0 Å². The highest BCUT2D eigenvalue weighted by Gasteiger charge is 2.48. The molecule has 1 aliphatic carbocycles. The Morgan fingerprint density at radius 1 is 1.30 bits per heavy atom. The van der Waals surface area contributed by atoms with Gasteiger partial charge in [0.05, 0.1) is 17.1 Å². The number of carbonyl (C=O) groups is 2. The SMILES string of the molecule is CC(CNC(=O)C1CC(F)(F)C1)C(=O)N1CCc2scnc2[C@H]1c1ccc(F)cc1. The van der Waals surface area contributed by atoms with Gasteiger partial charge in [0.25, 0.3) is 0 Å². The molecule has 1 unspecified atom stereocenters. The quantitative estimate of drug-likeness (QED) is 0.778. The van der Waals surface area contributed by atoms with Gasteiger partial charge in [-0.3, -0.25) is 9.59 Å². The lowest BCUT2D eigenvalue weighted by Crippen LogP contribution is -2.48. The van der Waals surface area contributed by atoms with E-state index in [1.165, 1.54) is 23.5 Å². The predicted octanol–water partition coefficient (Wildman–Crippen LogP) is 3.55. The van der Waals surface area contributed by atoms with Gasteiger partial charge in [-0.1, -0.05) is 19.1 Å². The second kappa shape index (κ2) is 8.02. The van der Waals surface area contributed by atoms with Crippen LogP contribution in [0.15, 0.2) is 29.8 Å². The molecule has 160 valence electrons. The zero-order chi connectivity index (χ0) is 21.5. The highest BCUT2D eigenvalue weighted by atomic mass is 32.1. The Morgan fingerprint density at radius 2 is 2.00 bits per heavy atom. The summed E-state index contributed by atoms with van der Waals surface area (Å²) in [6, 6.07) is 5.60. The van der Waals surface area contributed by atoms with E-state index in [9.17, 15) is 22.8 Å². The van der Waals surface area contributed by atoms with Gasteiger partial charge < -0.3 is 10.2 Å². The van der Waals surface area contributed by atoms with Crippen LogP contribution >= 0.6 is 11.3 Å². The molecule has 5 nitrogen and oxygen atoms in total. The lowest BCUT2D eigenvalue weighted by molar-refractivity contribution is -0.150. The van der Waals surface area contributed by atoms with Crippen LogP contribution in [-0.2, 0) is 16.0 Å². The zero-order valence-corrected chi connectivity index (χ0v) is 17.2. The Bertz CT molecular complexity index is 939. The van der Waals surface area contributed by atoms with Gasteiger partial charge in [0.15, 0.2) is 0 Å². The first-order chi connectivity index (χ1) is 14.2. The normalized spacial score (nSPS) is 21.5. The number of thiazole rings is 1. The first kappa shape index (κ1) is 20.8. The fourth-order valence-electron chi connectivity index (χ4n) is 4.02. The number of benzene rings is 1. The van der Waals surface area contributed by atoms with Crippen LogP contribution in [0.3, 0.4) is 0 Å². The summed E-state index contributed by atoms with van der Waals surface area (Å²) in [5.74, 6) is -4.94. The van der Waals surface area contributed by atoms with Crippen molar-refractivity contribution in [3.63, 3.8) is 0 Å². The maximum Gasteiger partial charge on any atom is 0.249 e. The molecule has 1 aromatic heterocycles. The number of nitrogens with zero attached hydrogens (tertiary/aromatic N) is 2. The monoisotopic (exact) mass is 437 g/mol. The summed E-state index contributed by atoms with van der Waals surface area (Å²) < 4.78 is 39.4. The molecule has 1 aliphatic heterocycles. The molecule has 2 amide bonds.